The van der Waals surface area contributed by atoms with Gasteiger partial charge in [0, 0.05) is 31.6 Å². The number of hydrogen-bond donors (Lipinski definition) is 3. The molecule has 44 heavy (non-hydrogen) atoms. The predicted octanol–water partition coefficient (Wildman–Crippen LogP) is 6.90. The molecule has 0 heterocycles. The lowest BCUT2D eigenvalue weighted by Crippen LogP contribution is -2.32. The molecule has 0 aromatic heterocycles. The van der Waals surface area contributed by atoms with Gasteiger partial charge in [-0.15, -0.1) is 0 Å². The van der Waals surface area contributed by atoms with E-state index in [1.54, 1.807) is 12.1 Å². The number of rotatable bonds is 17. The third kappa shape index (κ3) is 10.7. The number of nitrogens with one attached hydrogen (secondary N) is 1. The molecule has 0 unspecified atom stereocenters. The summed E-state index contributed by atoms with van der Waals surface area (Å²) in [7, 11) is 0. The summed E-state index contributed by atoms with van der Waals surface area (Å²) < 4.78 is 0. The first-order valence-corrected chi connectivity index (χ1v) is 15.8. The van der Waals surface area contributed by atoms with E-state index in [4.69, 9.17) is 5.73 Å². The Morgan fingerprint density at radius 3 is 2.14 bits per heavy atom. The standard InChI is InChI=1S/C38H45N3O3/c39-24-6-1-2-7-25-40-38(44)35-17-10-16-34(28-35)33-15-8-14-32(27-33)29-41(26-23-31-19-21-36(42)22-20-31)37(43)18-9-13-30-11-4-3-5-12-30/h3-5,8,10-12,14-17,19-22,27-28,42H,1-2,6-7,9,13,18,23-26,29,39H2,(H,40,44). The SMILES string of the molecule is NCCCCCCNC(=O)c1cccc(-c2cccc(CN(CCc3ccc(O)cc3)C(=O)CCCc3ccccc3)c2)c1. The van der Waals surface area contributed by atoms with Crippen molar-refractivity contribution in [3.05, 3.63) is 125 Å². The fourth-order valence-corrected chi connectivity index (χ4v) is 5.30. The minimum atomic E-state index is -0.0664. The van der Waals surface area contributed by atoms with E-state index in [9.17, 15) is 14.7 Å². The number of hydrogen-bond acceptors (Lipinski definition) is 4. The van der Waals surface area contributed by atoms with E-state index >= 15 is 0 Å². The van der Waals surface area contributed by atoms with Crippen molar-refractivity contribution in [3.8, 4) is 16.9 Å². The molecular formula is C38H45N3O3. The van der Waals surface area contributed by atoms with Crippen molar-refractivity contribution in [1.82, 2.24) is 10.2 Å². The van der Waals surface area contributed by atoms with Gasteiger partial charge in [-0.25, -0.2) is 0 Å². The highest BCUT2D eigenvalue weighted by Gasteiger charge is 2.15. The topological polar surface area (TPSA) is 95.7 Å². The number of amides is 2. The molecule has 4 aromatic carbocycles. The molecule has 6 nitrogen and oxygen atoms in total. The van der Waals surface area contributed by atoms with Crippen LogP contribution in [0.15, 0.2) is 103 Å². The van der Waals surface area contributed by atoms with Gasteiger partial charge in [0.05, 0.1) is 0 Å². The Morgan fingerprint density at radius 2 is 1.36 bits per heavy atom. The summed E-state index contributed by atoms with van der Waals surface area (Å²) in [5.41, 5.74) is 11.5. The van der Waals surface area contributed by atoms with E-state index in [0.717, 1.165) is 60.8 Å². The number of nitrogens with zero attached hydrogens (tertiary/aromatic N) is 1. The van der Waals surface area contributed by atoms with Crippen LogP contribution in [-0.2, 0) is 24.2 Å². The van der Waals surface area contributed by atoms with Crippen molar-refractivity contribution < 1.29 is 14.7 Å². The fourth-order valence-electron chi connectivity index (χ4n) is 5.30. The molecule has 0 aliphatic carbocycles. The van der Waals surface area contributed by atoms with E-state index in [0.29, 0.717) is 44.6 Å². The summed E-state index contributed by atoms with van der Waals surface area (Å²) in [6.45, 7) is 2.45. The van der Waals surface area contributed by atoms with Gasteiger partial charge in [0.1, 0.15) is 5.75 Å². The van der Waals surface area contributed by atoms with Gasteiger partial charge >= 0.3 is 0 Å². The Bertz CT molecular complexity index is 1450. The predicted molar refractivity (Wildman–Crippen MR) is 178 cm³/mol. The van der Waals surface area contributed by atoms with Crippen LogP contribution < -0.4 is 11.1 Å². The van der Waals surface area contributed by atoms with Gasteiger partial charge in [-0.2, -0.15) is 0 Å². The molecule has 4 N–H and O–H groups in total. The zero-order chi connectivity index (χ0) is 31.0. The van der Waals surface area contributed by atoms with Gasteiger partial charge in [0.15, 0.2) is 0 Å². The number of benzene rings is 4. The maximum absolute atomic E-state index is 13.5. The summed E-state index contributed by atoms with van der Waals surface area (Å²) in [6, 6.07) is 33.4. The minimum Gasteiger partial charge on any atom is -0.508 e. The number of phenols is 1. The molecule has 0 saturated heterocycles. The maximum atomic E-state index is 13.5. The van der Waals surface area contributed by atoms with Crippen LogP contribution in [0.5, 0.6) is 5.75 Å². The molecule has 0 aliphatic rings. The zero-order valence-electron chi connectivity index (χ0n) is 25.6. The Labute approximate surface area is 261 Å². The number of carbonyl (C=O) groups excluding carboxylic acids is 2. The summed E-state index contributed by atoms with van der Waals surface area (Å²) in [4.78, 5) is 28.2. The quantitative estimate of drug-likeness (QED) is 0.116. The molecule has 0 spiro atoms. The molecule has 0 saturated carbocycles. The number of nitrogens with two attached hydrogens (primary N) is 1. The highest BCUT2D eigenvalue weighted by Crippen LogP contribution is 2.23. The first-order valence-electron chi connectivity index (χ1n) is 15.8. The fraction of sp³-hybridized carbons (Fsp3) is 0.316. The van der Waals surface area contributed by atoms with Gasteiger partial charge in [-0.3, -0.25) is 9.59 Å². The molecule has 2 amide bonds. The highest BCUT2D eigenvalue weighted by atomic mass is 16.3. The Hall–Kier alpha value is -4.42. The smallest absolute Gasteiger partial charge is 0.251 e. The molecule has 0 aliphatic heterocycles. The van der Waals surface area contributed by atoms with Crippen molar-refractivity contribution >= 4 is 11.8 Å². The van der Waals surface area contributed by atoms with Crippen molar-refractivity contribution in [3.63, 3.8) is 0 Å². The second kappa shape index (κ2) is 17.6. The molecular weight excluding hydrogens is 546 g/mol. The van der Waals surface area contributed by atoms with E-state index < -0.39 is 0 Å². The summed E-state index contributed by atoms with van der Waals surface area (Å²) in [6.07, 6.45) is 6.96. The summed E-state index contributed by atoms with van der Waals surface area (Å²) in [5, 5.41) is 12.7. The normalized spacial score (nSPS) is 10.8. The third-order valence-corrected chi connectivity index (χ3v) is 7.83. The van der Waals surface area contributed by atoms with Crippen LogP contribution in [0.1, 0.15) is 65.6 Å². The van der Waals surface area contributed by atoms with Gasteiger partial charge in [0.2, 0.25) is 5.91 Å². The molecule has 0 bridgehead atoms. The number of phenolic OH excluding ortho intramolecular Hbond substituents is 1. The van der Waals surface area contributed by atoms with Crippen LogP contribution in [0.2, 0.25) is 0 Å². The van der Waals surface area contributed by atoms with Gasteiger partial charge in [0.25, 0.3) is 5.91 Å². The Morgan fingerprint density at radius 1 is 0.682 bits per heavy atom. The lowest BCUT2D eigenvalue weighted by molar-refractivity contribution is -0.131. The van der Waals surface area contributed by atoms with Crippen molar-refractivity contribution in [1.29, 1.82) is 0 Å². The first-order chi connectivity index (χ1) is 21.5. The zero-order valence-corrected chi connectivity index (χ0v) is 25.6. The van der Waals surface area contributed by atoms with Gasteiger partial charge in [-0.1, -0.05) is 85.6 Å². The molecule has 0 fully saturated rings. The number of carbonyl (C=O) groups is 2. The molecule has 4 rings (SSSR count). The van der Waals surface area contributed by atoms with Crippen LogP contribution >= 0.6 is 0 Å². The summed E-state index contributed by atoms with van der Waals surface area (Å²) in [5.74, 6) is 0.300. The van der Waals surface area contributed by atoms with Crippen LogP contribution in [0.4, 0.5) is 0 Å². The van der Waals surface area contributed by atoms with E-state index in [2.05, 4.69) is 29.6 Å². The van der Waals surface area contributed by atoms with Crippen LogP contribution in [0.25, 0.3) is 11.1 Å². The largest absolute Gasteiger partial charge is 0.508 e. The molecule has 4 aromatic rings. The monoisotopic (exact) mass is 591 g/mol. The van der Waals surface area contributed by atoms with E-state index in [-0.39, 0.29) is 17.6 Å². The van der Waals surface area contributed by atoms with Crippen LogP contribution in [0.3, 0.4) is 0 Å². The van der Waals surface area contributed by atoms with Crippen molar-refractivity contribution in [2.24, 2.45) is 5.73 Å². The maximum Gasteiger partial charge on any atom is 0.251 e. The Balaban J connectivity index is 1.41. The Kier molecular flexibility index (Phi) is 13.0. The van der Waals surface area contributed by atoms with E-state index in [1.807, 2.05) is 71.6 Å². The second-order valence-corrected chi connectivity index (χ2v) is 11.3. The van der Waals surface area contributed by atoms with Crippen LogP contribution in [-0.4, -0.2) is 41.5 Å². The van der Waals surface area contributed by atoms with Crippen molar-refractivity contribution in [2.45, 2.75) is 57.9 Å². The van der Waals surface area contributed by atoms with Gasteiger partial charge in [-0.05, 0) is 96.8 Å². The third-order valence-electron chi connectivity index (χ3n) is 7.83. The highest BCUT2D eigenvalue weighted by molar-refractivity contribution is 5.95. The second-order valence-electron chi connectivity index (χ2n) is 11.3. The molecule has 230 valence electrons. The summed E-state index contributed by atoms with van der Waals surface area (Å²) >= 11 is 0. The minimum absolute atomic E-state index is 0.0664. The molecule has 0 radical (unpaired) electrons. The number of unbranched alkanes of at least 4 members (excludes halogenated alkanes) is 3. The number of aromatic hydroxyl groups is 1. The molecule has 0 atom stereocenters. The van der Waals surface area contributed by atoms with E-state index in [1.165, 1.54) is 5.56 Å². The first kappa shape index (κ1) is 32.5. The van der Waals surface area contributed by atoms with Crippen LogP contribution in [0, 0.1) is 0 Å². The lowest BCUT2D eigenvalue weighted by Gasteiger charge is -2.23. The van der Waals surface area contributed by atoms with Crippen molar-refractivity contribution in [2.75, 3.05) is 19.6 Å². The molecule has 6 heteroatoms. The average molecular weight is 592 g/mol. The lowest BCUT2D eigenvalue weighted by atomic mass is 10.0. The number of aryl methyl sites for hydroxylation is 1. The van der Waals surface area contributed by atoms with Gasteiger partial charge < -0.3 is 21.1 Å². The average Bonchev–Trinajstić information content (AvgIpc) is 3.06.